The van der Waals surface area contributed by atoms with Gasteiger partial charge in [0.05, 0.1) is 3.79 Å². The predicted molar refractivity (Wildman–Crippen MR) is 68.7 cm³/mol. The molecular formula is C10H13BrClNOS. The molecule has 0 aliphatic carbocycles. The van der Waals surface area contributed by atoms with E-state index in [1.54, 1.807) is 16.2 Å². The topological polar surface area (TPSA) is 20.3 Å². The van der Waals surface area contributed by atoms with Crippen molar-refractivity contribution in [1.29, 1.82) is 0 Å². The van der Waals surface area contributed by atoms with Gasteiger partial charge in [0.1, 0.15) is 0 Å². The quantitative estimate of drug-likeness (QED) is 0.765. The van der Waals surface area contributed by atoms with Crippen molar-refractivity contribution >= 4 is 44.8 Å². The molecule has 0 N–H and O–H groups in total. The molecule has 0 unspecified atom stereocenters. The van der Waals surface area contributed by atoms with Crippen molar-refractivity contribution in [3.05, 3.63) is 20.8 Å². The maximum Gasteiger partial charge on any atom is 0.223 e. The smallest absolute Gasteiger partial charge is 0.223 e. The van der Waals surface area contributed by atoms with Crippen molar-refractivity contribution in [2.24, 2.45) is 0 Å². The van der Waals surface area contributed by atoms with Crippen molar-refractivity contribution < 1.29 is 4.79 Å². The highest BCUT2D eigenvalue weighted by Gasteiger charge is 2.08. The first kappa shape index (κ1) is 13.0. The van der Waals surface area contributed by atoms with E-state index in [1.807, 2.05) is 13.1 Å². The number of halogens is 2. The highest BCUT2D eigenvalue weighted by Crippen LogP contribution is 2.22. The van der Waals surface area contributed by atoms with E-state index in [0.717, 1.165) is 16.8 Å². The molecule has 1 heterocycles. The lowest BCUT2D eigenvalue weighted by Gasteiger charge is -2.15. The third-order valence-electron chi connectivity index (χ3n) is 2.06. The van der Waals surface area contributed by atoms with Crippen LogP contribution < -0.4 is 0 Å². The van der Waals surface area contributed by atoms with Gasteiger partial charge in [0.2, 0.25) is 5.91 Å². The van der Waals surface area contributed by atoms with Gasteiger partial charge in [-0.15, -0.1) is 22.9 Å². The summed E-state index contributed by atoms with van der Waals surface area (Å²) in [6.07, 6.45) is 1.33. The fourth-order valence-electron chi connectivity index (χ4n) is 1.16. The Morgan fingerprint density at radius 2 is 2.33 bits per heavy atom. The van der Waals surface area contributed by atoms with Gasteiger partial charge in [0.15, 0.2) is 0 Å². The van der Waals surface area contributed by atoms with Gasteiger partial charge in [-0.1, -0.05) is 0 Å². The average molecular weight is 311 g/mol. The van der Waals surface area contributed by atoms with Gasteiger partial charge in [0, 0.05) is 30.8 Å². The van der Waals surface area contributed by atoms with E-state index in [1.165, 1.54) is 4.88 Å². The number of nitrogens with zero attached hydrogens (tertiary/aromatic N) is 1. The van der Waals surface area contributed by atoms with Crippen LogP contribution in [0.5, 0.6) is 0 Å². The van der Waals surface area contributed by atoms with Crippen LogP contribution in [0.1, 0.15) is 11.3 Å². The molecule has 0 aliphatic rings. The highest BCUT2D eigenvalue weighted by atomic mass is 79.9. The SMILES string of the molecule is CN(CCc1ccc(Br)s1)C(=O)CCCl. The number of likely N-dealkylation sites (N-methyl/N-ethyl adjacent to an activating group) is 1. The summed E-state index contributed by atoms with van der Waals surface area (Å²) in [5, 5.41) is 0. The Balaban J connectivity index is 2.33. The molecule has 0 saturated carbocycles. The van der Waals surface area contributed by atoms with E-state index in [2.05, 4.69) is 22.0 Å². The number of thiophene rings is 1. The van der Waals surface area contributed by atoms with Crippen LogP contribution in [0.15, 0.2) is 15.9 Å². The highest BCUT2D eigenvalue weighted by molar-refractivity contribution is 9.11. The van der Waals surface area contributed by atoms with Gasteiger partial charge < -0.3 is 4.90 Å². The molecule has 0 radical (unpaired) electrons. The fourth-order valence-corrected chi connectivity index (χ4v) is 2.79. The number of amides is 1. The molecule has 2 nitrogen and oxygen atoms in total. The zero-order valence-electron chi connectivity index (χ0n) is 8.50. The number of alkyl halides is 1. The van der Waals surface area contributed by atoms with E-state index in [9.17, 15) is 4.79 Å². The lowest BCUT2D eigenvalue weighted by atomic mass is 10.3. The second-order valence-corrected chi connectivity index (χ2v) is 6.14. The Labute approximate surface area is 107 Å². The van der Waals surface area contributed by atoms with Crippen LogP contribution >= 0.6 is 38.9 Å². The molecule has 1 aromatic rings. The number of hydrogen-bond donors (Lipinski definition) is 0. The minimum absolute atomic E-state index is 0.112. The first-order valence-electron chi connectivity index (χ1n) is 4.67. The zero-order valence-corrected chi connectivity index (χ0v) is 11.7. The molecule has 0 atom stereocenters. The first-order valence-corrected chi connectivity index (χ1v) is 6.82. The average Bonchev–Trinajstić information content (AvgIpc) is 2.61. The fraction of sp³-hybridized carbons (Fsp3) is 0.500. The monoisotopic (exact) mass is 309 g/mol. The van der Waals surface area contributed by atoms with Crippen LogP contribution in [0.25, 0.3) is 0 Å². The largest absolute Gasteiger partial charge is 0.345 e. The standard InChI is InChI=1S/C10H13BrClNOS/c1-13(10(14)4-6-12)7-5-8-2-3-9(11)15-8/h2-3H,4-7H2,1H3. The molecule has 0 aromatic carbocycles. The van der Waals surface area contributed by atoms with Crippen molar-refractivity contribution in [3.63, 3.8) is 0 Å². The molecule has 0 aliphatic heterocycles. The summed E-state index contributed by atoms with van der Waals surface area (Å²) >= 11 is 10.6. The number of hydrogen-bond acceptors (Lipinski definition) is 2. The summed E-state index contributed by atoms with van der Waals surface area (Å²) in [4.78, 5) is 14.4. The molecule has 1 aromatic heterocycles. The van der Waals surface area contributed by atoms with Crippen molar-refractivity contribution in [2.45, 2.75) is 12.8 Å². The Kier molecular flexibility index (Phi) is 5.64. The van der Waals surface area contributed by atoms with Crippen molar-refractivity contribution in [3.8, 4) is 0 Å². The van der Waals surface area contributed by atoms with Gasteiger partial charge >= 0.3 is 0 Å². The Morgan fingerprint density at radius 3 is 2.87 bits per heavy atom. The third kappa shape index (κ3) is 4.53. The Bertz CT molecular complexity index is 329. The zero-order chi connectivity index (χ0) is 11.3. The molecule has 0 saturated heterocycles. The molecular weight excluding hydrogens is 298 g/mol. The van der Waals surface area contributed by atoms with Crippen LogP contribution in [0, 0.1) is 0 Å². The van der Waals surface area contributed by atoms with E-state index < -0.39 is 0 Å². The molecule has 84 valence electrons. The molecule has 0 fully saturated rings. The molecule has 1 rings (SSSR count). The van der Waals surface area contributed by atoms with E-state index >= 15 is 0 Å². The first-order chi connectivity index (χ1) is 7.13. The van der Waals surface area contributed by atoms with Crippen LogP contribution in [0.4, 0.5) is 0 Å². The maximum absolute atomic E-state index is 11.4. The maximum atomic E-state index is 11.4. The number of carbonyl (C=O) groups excluding carboxylic acids is 1. The third-order valence-corrected chi connectivity index (χ3v) is 3.93. The van der Waals surface area contributed by atoms with E-state index in [-0.39, 0.29) is 5.91 Å². The summed E-state index contributed by atoms with van der Waals surface area (Å²) in [5.41, 5.74) is 0. The van der Waals surface area contributed by atoms with Crippen LogP contribution in [0.2, 0.25) is 0 Å². The minimum Gasteiger partial charge on any atom is -0.345 e. The number of carbonyl (C=O) groups is 1. The van der Waals surface area contributed by atoms with Crippen molar-refractivity contribution in [1.82, 2.24) is 4.90 Å². The summed E-state index contributed by atoms with van der Waals surface area (Å²) in [5.74, 6) is 0.508. The molecule has 0 bridgehead atoms. The summed E-state index contributed by atoms with van der Waals surface area (Å²) in [7, 11) is 1.82. The summed E-state index contributed by atoms with van der Waals surface area (Å²) in [6, 6.07) is 4.11. The second kappa shape index (κ2) is 6.51. The Morgan fingerprint density at radius 1 is 1.60 bits per heavy atom. The van der Waals surface area contributed by atoms with Gasteiger partial charge in [-0.3, -0.25) is 4.79 Å². The van der Waals surface area contributed by atoms with Gasteiger partial charge in [-0.2, -0.15) is 0 Å². The van der Waals surface area contributed by atoms with E-state index in [0.29, 0.717) is 12.3 Å². The molecule has 15 heavy (non-hydrogen) atoms. The lowest BCUT2D eigenvalue weighted by molar-refractivity contribution is -0.129. The molecule has 5 heteroatoms. The van der Waals surface area contributed by atoms with Gasteiger partial charge in [-0.25, -0.2) is 0 Å². The Hall–Kier alpha value is -0.0600. The minimum atomic E-state index is 0.112. The van der Waals surface area contributed by atoms with Crippen LogP contribution in [0.3, 0.4) is 0 Å². The summed E-state index contributed by atoms with van der Waals surface area (Å²) < 4.78 is 1.13. The molecule has 1 amide bonds. The summed E-state index contributed by atoms with van der Waals surface area (Å²) in [6.45, 7) is 0.753. The van der Waals surface area contributed by atoms with Crippen LogP contribution in [-0.2, 0) is 11.2 Å². The molecule has 0 spiro atoms. The van der Waals surface area contributed by atoms with Crippen LogP contribution in [-0.4, -0.2) is 30.3 Å². The predicted octanol–water partition coefficient (Wildman–Crippen LogP) is 3.14. The normalized spacial score (nSPS) is 10.3. The second-order valence-electron chi connectivity index (χ2n) is 3.21. The van der Waals surface area contributed by atoms with E-state index in [4.69, 9.17) is 11.6 Å². The number of rotatable bonds is 5. The van der Waals surface area contributed by atoms with Gasteiger partial charge in [0.25, 0.3) is 0 Å². The van der Waals surface area contributed by atoms with Crippen molar-refractivity contribution in [2.75, 3.05) is 19.5 Å². The lowest BCUT2D eigenvalue weighted by Crippen LogP contribution is -2.28. The van der Waals surface area contributed by atoms with Gasteiger partial charge in [-0.05, 0) is 34.5 Å².